The number of aliphatic imine (C=N–C) groups is 1. The number of carbonyl (C=O) groups is 2. The van der Waals surface area contributed by atoms with Crippen LogP contribution in [0.25, 0.3) is 0 Å². The van der Waals surface area contributed by atoms with Gasteiger partial charge < -0.3 is 0 Å². The zero-order valence-electron chi connectivity index (χ0n) is 16.2. The van der Waals surface area contributed by atoms with Crippen LogP contribution in [-0.4, -0.2) is 58.2 Å². The van der Waals surface area contributed by atoms with Crippen LogP contribution >= 0.6 is 0 Å². The molecule has 2 heterocycles. The molecule has 0 aromatic heterocycles. The van der Waals surface area contributed by atoms with Crippen LogP contribution in [0.1, 0.15) is 11.1 Å². The van der Waals surface area contributed by atoms with Gasteiger partial charge in [-0.05, 0) is 23.3 Å². The number of rotatable bonds is 4. The molecule has 148 valence electrons. The standard InChI is InChI=1S/C21H20FN5O2/c1-25-18-17(19(28)26(2)21(25)29)27(13-15-8-10-16(22)11-9-15)20(24-18)23-12-14-6-4-3-5-7-14/h3-11,17H,12-13H2,1-2H3/p+1. The Bertz CT molecular complexity index is 1020. The summed E-state index contributed by atoms with van der Waals surface area (Å²) >= 11 is 0. The van der Waals surface area contributed by atoms with Crippen molar-refractivity contribution in [3.63, 3.8) is 0 Å². The number of likely N-dealkylation sites (N-methyl/N-ethyl adjacent to an activating group) is 2. The fraction of sp³-hybridized carbons (Fsp3) is 0.238. The summed E-state index contributed by atoms with van der Waals surface area (Å²) in [6.07, 6.45) is 0. The molecule has 8 heteroatoms. The molecule has 1 unspecified atom stereocenters. The Morgan fingerprint density at radius 2 is 1.69 bits per heavy atom. The molecule has 1 fully saturated rings. The maximum Gasteiger partial charge on any atom is 0.390 e. The van der Waals surface area contributed by atoms with E-state index in [4.69, 9.17) is 0 Å². The number of amidine groups is 1. The second-order valence-corrected chi connectivity index (χ2v) is 7.03. The average Bonchev–Trinajstić information content (AvgIpc) is 3.10. The molecule has 1 N–H and O–H groups in total. The van der Waals surface area contributed by atoms with Crippen molar-refractivity contribution in [2.24, 2.45) is 4.99 Å². The van der Waals surface area contributed by atoms with Gasteiger partial charge in [-0.3, -0.25) is 19.9 Å². The van der Waals surface area contributed by atoms with Gasteiger partial charge in [-0.15, -0.1) is 0 Å². The van der Waals surface area contributed by atoms with Crippen LogP contribution < -0.4 is 5.32 Å². The minimum absolute atomic E-state index is 0.322. The number of amides is 3. The van der Waals surface area contributed by atoms with Crippen LogP contribution in [0.2, 0.25) is 0 Å². The van der Waals surface area contributed by atoms with Crippen LogP contribution in [-0.2, 0) is 17.9 Å². The number of guanidine groups is 1. The van der Waals surface area contributed by atoms with Gasteiger partial charge in [-0.2, -0.15) is 0 Å². The van der Waals surface area contributed by atoms with Gasteiger partial charge in [0, 0.05) is 14.1 Å². The third-order valence-electron chi connectivity index (χ3n) is 5.09. The lowest BCUT2D eigenvalue weighted by molar-refractivity contribution is -0.553. The summed E-state index contributed by atoms with van der Waals surface area (Å²) in [5.41, 5.74) is 1.89. The number of benzene rings is 2. The molecule has 1 saturated heterocycles. The van der Waals surface area contributed by atoms with Gasteiger partial charge in [0.2, 0.25) is 11.9 Å². The molecule has 4 rings (SSSR count). The van der Waals surface area contributed by atoms with Crippen molar-refractivity contribution < 1.29 is 18.6 Å². The van der Waals surface area contributed by atoms with Gasteiger partial charge >= 0.3 is 12.0 Å². The van der Waals surface area contributed by atoms with Crippen LogP contribution in [0.4, 0.5) is 9.18 Å². The van der Waals surface area contributed by atoms with Gasteiger partial charge in [-0.25, -0.2) is 13.8 Å². The highest BCUT2D eigenvalue weighted by atomic mass is 19.1. The molecule has 0 bridgehead atoms. The van der Waals surface area contributed by atoms with Crippen LogP contribution in [0, 0.1) is 5.82 Å². The van der Waals surface area contributed by atoms with Gasteiger partial charge in [0.05, 0.1) is 13.1 Å². The highest BCUT2D eigenvalue weighted by molar-refractivity contribution is 6.22. The zero-order valence-corrected chi connectivity index (χ0v) is 16.2. The van der Waals surface area contributed by atoms with Gasteiger partial charge in [-0.1, -0.05) is 47.5 Å². The maximum absolute atomic E-state index is 13.3. The van der Waals surface area contributed by atoms with E-state index in [-0.39, 0.29) is 11.7 Å². The molecule has 0 aliphatic carbocycles. The normalized spacial score (nSPS) is 18.9. The van der Waals surface area contributed by atoms with Gasteiger partial charge in [0.1, 0.15) is 5.82 Å². The Labute approximate surface area is 167 Å². The Hall–Kier alpha value is -3.55. The number of hydrogen-bond acceptors (Lipinski definition) is 4. The van der Waals surface area contributed by atoms with E-state index in [1.807, 2.05) is 34.9 Å². The number of imide groups is 1. The molecule has 0 radical (unpaired) electrons. The fourth-order valence-corrected chi connectivity index (χ4v) is 3.47. The number of fused-ring (bicyclic) bond motifs is 1. The van der Waals surface area contributed by atoms with E-state index in [1.54, 1.807) is 19.2 Å². The third kappa shape index (κ3) is 3.49. The largest absolute Gasteiger partial charge is 0.390 e. The summed E-state index contributed by atoms with van der Waals surface area (Å²) < 4.78 is 15.1. The number of hydrogen-bond donors (Lipinski definition) is 1. The lowest BCUT2D eigenvalue weighted by Crippen LogP contribution is -2.61. The molecule has 2 aromatic rings. The average molecular weight is 394 g/mol. The molecule has 1 atom stereocenters. The van der Waals surface area contributed by atoms with E-state index < -0.39 is 12.1 Å². The number of nitrogens with one attached hydrogen (secondary N) is 1. The Morgan fingerprint density at radius 3 is 2.38 bits per heavy atom. The smallest absolute Gasteiger partial charge is 0.271 e. The van der Waals surface area contributed by atoms with E-state index in [2.05, 4.69) is 10.3 Å². The van der Waals surface area contributed by atoms with Crippen molar-refractivity contribution in [1.82, 2.24) is 15.1 Å². The Kier molecular flexibility index (Phi) is 4.84. The molecule has 29 heavy (non-hydrogen) atoms. The predicted molar refractivity (Wildman–Crippen MR) is 106 cm³/mol. The second-order valence-electron chi connectivity index (χ2n) is 7.03. The number of halogens is 1. The van der Waals surface area contributed by atoms with Gasteiger partial charge in [0.15, 0.2) is 0 Å². The van der Waals surface area contributed by atoms with E-state index >= 15 is 0 Å². The monoisotopic (exact) mass is 394 g/mol. The van der Waals surface area contributed by atoms with E-state index in [9.17, 15) is 14.0 Å². The minimum atomic E-state index is -0.717. The SMILES string of the molecule is CN1C(=O)C2C(=NC(NCc3ccccc3)=[N+]2Cc2ccc(F)cc2)N(C)C1=O. The first kappa shape index (κ1) is 18.8. The van der Waals surface area contributed by atoms with Crippen molar-refractivity contribution in [3.8, 4) is 0 Å². The summed E-state index contributed by atoms with van der Waals surface area (Å²) in [4.78, 5) is 32.3. The fourth-order valence-electron chi connectivity index (χ4n) is 3.47. The first-order chi connectivity index (χ1) is 14.0. The quantitative estimate of drug-likeness (QED) is 0.804. The summed E-state index contributed by atoms with van der Waals surface area (Å²) in [6, 6.07) is 14.8. The molecule has 2 aliphatic heterocycles. The molecule has 2 aromatic carbocycles. The Balaban J connectivity index is 1.69. The first-order valence-corrected chi connectivity index (χ1v) is 9.25. The summed E-state index contributed by atoms with van der Waals surface area (Å²) in [6.45, 7) is 0.859. The van der Waals surface area contributed by atoms with Crippen molar-refractivity contribution in [3.05, 3.63) is 71.5 Å². The molecule has 2 aliphatic rings. The molecular weight excluding hydrogens is 373 g/mol. The number of nitrogens with zero attached hydrogens (tertiary/aromatic N) is 4. The highest BCUT2D eigenvalue weighted by Gasteiger charge is 2.51. The first-order valence-electron chi connectivity index (χ1n) is 9.25. The van der Waals surface area contributed by atoms with Crippen molar-refractivity contribution in [2.75, 3.05) is 14.1 Å². The summed E-state index contributed by atoms with van der Waals surface area (Å²) in [5, 5.41) is 3.28. The molecule has 0 spiro atoms. The predicted octanol–water partition coefficient (Wildman–Crippen LogP) is 1.79. The van der Waals surface area contributed by atoms with E-state index in [0.29, 0.717) is 24.9 Å². The molecule has 0 saturated carbocycles. The number of carbonyl (C=O) groups excluding carboxylic acids is 2. The summed E-state index contributed by atoms with van der Waals surface area (Å²) in [7, 11) is 3.07. The second kappa shape index (κ2) is 7.46. The number of urea groups is 1. The summed E-state index contributed by atoms with van der Waals surface area (Å²) in [5.74, 6) is 0.222. The lowest BCUT2D eigenvalue weighted by atomic mass is 10.1. The zero-order chi connectivity index (χ0) is 20.5. The molecule has 3 amide bonds. The molecule has 7 nitrogen and oxygen atoms in total. The molecular formula is C21H21FN5O2+. The van der Waals surface area contributed by atoms with Crippen LogP contribution in [0.5, 0.6) is 0 Å². The van der Waals surface area contributed by atoms with E-state index in [0.717, 1.165) is 16.0 Å². The van der Waals surface area contributed by atoms with Gasteiger partial charge in [0.25, 0.3) is 5.91 Å². The van der Waals surface area contributed by atoms with Crippen LogP contribution in [0.15, 0.2) is 59.6 Å². The van der Waals surface area contributed by atoms with Crippen LogP contribution in [0.3, 0.4) is 0 Å². The Morgan fingerprint density at radius 1 is 1.00 bits per heavy atom. The topological polar surface area (TPSA) is 68.0 Å². The maximum atomic E-state index is 13.3. The highest BCUT2D eigenvalue weighted by Crippen LogP contribution is 2.20. The lowest BCUT2D eigenvalue weighted by Gasteiger charge is -2.31. The van der Waals surface area contributed by atoms with Crippen molar-refractivity contribution in [1.29, 1.82) is 0 Å². The van der Waals surface area contributed by atoms with Crippen molar-refractivity contribution >= 4 is 23.7 Å². The third-order valence-corrected chi connectivity index (χ3v) is 5.09. The van der Waals surface area contributed by atoms with Crippen molar-refractivity contribution in [2.45, 2.75) is 19.1 Å². The minimum Gasteiger partial charge on any atom is -0.271 e. The van der Waals surface area contributed by atoms with E-state index in [1.165, 1.54) is 24.1 Å².